The van der Waals surface area contributed by atoms with E-state index >= 15 is 0 Å². The third-order valence-electron chi connectivity index (χ3n) is 6.70. The summed E-state index contributed by atoms with van der Waals surface area (Å²) in [5.41, 5.74) is 1.55. The van der Waals surface area contributed by atoms with Crippen LogP contribution < -0.4 is 0 Å². The Balaban J connectivity index is 2.24. The van der Waals surface area contributed by atoms with Crippen LogP contribution in [0.25, 0.3) is 0 Å². The maximum absolute atomic E-state index is 11.8. The lowest BCUT2D eigenvalue weighted by atomic mass is 9.87. The van der Waals surface area contributed by atoms with Gasteiger partial charge in [0, 0.05) is 0 Å². The summed E-state index contributed by atoms with van der Waals surface area (Å²) >= 11 is 0. The third-order valence-corrected chi connectivity index (χ3v) is 6.70. The first-order chi connectivity index (χ1) is 15.9. The van der Waals surface area contributed by atoms with Crippen LogP contribution in [0.15, 0.2) is 12.1 Å². The van der Waals surface area contributed by atoms with Gasteiger partial charge in [-0.05, 0) is 36.0 Å². The summed E-state index contributed by atoms with van der Waals surface area (Å²) in [5, 5.41) is 19.1. The van der Waals surface area contributed by atoms with Gasteiger partial charge in [-0.15, -0.1) is 0 Å². The van der Waals surface area contributed by atoms with Crippen LogP contribution in [-0.4, -0.2) is 22.2 Å². The van der Waals surface area contributed by atoms with Crippen LogP contribution in [0.3, 0.4) is 0 Å². The number of hydrogen-bond acceptors (Lipinski definition) is 2. The number of carboxylic acid groups (broad SMARTS) is 2. The molecule has 0 bridgehead atoms. The molecule has 0 aliphatic carbocycles. The van der Waals surface area contributed by atoms with Crippen molar-refractivity contribution in [1.29, 1.82) is 0 Å². The molecule has 0 aliphatic rings. The fourth-order valence-electron chi connectivity index (χ4n) is 4.75. The molecule has 0 heterocycles. The predicted molar refractivity (Wildman–Crippen MR) is 138 cm³/mol. The fourth-order valence-corrected chi connectivity index (χ4v) is 4.75. The maximum atomic E-state index is 11.8. The topological polar surface area (TPSA) is 74.6 Å². The first kappa shape index (κ1) is 29.2. The van der Waals surface area contributed by atoms with E-state index in [4.69, 9.17) is 0 Å². The number of benzene rings is 1. The van der Waals surface area contributed by atoms with E-state index in [9.17, 15) is 19.8 Å². The second kappa shape index (κ2) is 17.6. The minimum absolute atomic E-state index is 0.0188. The van der Waals surface area contributed by atoms with Gasteiger partial charge in [-0.2, -0.15) is 0 Å². The Morgan fingerprint density at radius 2 is 1.09 bits per heavy atom. The molecular weight excluding hydrogens is 412 g/mol. The van der Waals surface area contributed by atoms with Crippen LogP contribution in [0.4, 0.5) is 0 Å². The van der Waals surface area contributed by atoms with Gasteiger partial charge in [0.1, 0.15) is 0 Å². The molecule has 33 heavy (non-hydrogen) atoms. The SMILES string of the molecule is CCCCCCCCCCCCCCCCCCc1c(C(C)C)ccc(C(=O)O)c1C(=O)O. The van der Waals surface area contributed by atoms with Crippen LogP contribution >= 0.6 is 0 Å². The van der Waals surface area contributed by atoms with Crippen LogP contribution in [0.2, 0.25) is 0 Å². The van der Waals surface area contributed by atoms with Gasteiger partial charge in [-0.25, -0.2) is 9.59 Å². The zero-order valence-electron chi connectivity index (χ0n) is 21.5. The van der Waals surface area contributed by atoms with Crippen molar-refractivity contribution < 1.29 is 19.8 Å². The van der Waals surface area contributed by atoms with Crippen molar-refractivity contribution in [1.82, 2.24) is 0 Å². The number of aromatic carboxylic acids is 2. The van der Waals surface area contributed by atoms with Gasteiger partial charge in [0.25, 0.3) is 0 Å². The predicted octanol–water partition coefficient (Wildman–Crippen LogP) is 9.01. The van der Waals surface area contributed by atoms with E-state index in [1.54, 1.807) is 6.07 Å². The molecule has 0 amide bonds. The highest BCUT2D eigenvalue weighted by molar-refractivity contribution is 6.03. The number of unbranched alkanes of at least 4 members (excludes halogenated alkanes) is 15. The van der Waals surface area contributed by atoms with Gasteiger partial charge in [-0.1, -0.05) is 123 Å². The van der Waals surface area contributed by atoms with Crippen molar-refractivity contribution >= 4 is 11.9 Å². The normalized spacial score (nSPS) is 11.3. The molecule has 0 radical (unpaired) electrons. The zero-order valence-corrected chi connectivity index (χ0v) is 21.5. The first-order valence-corrected chi connectivity index (χ1v) is 13.5. The van der Waals surface area contributed by atoms with E-state index in [2.05, 4.69) is 6.92 Å². The minimum Gasteiger partial charge on any atom is -0.478 e. The summed E-state index contributed by atoms with van der Waals surface area (Å²) in [7, 11) is 0. The van der Waals surface area contributed by atoms with Crippen molar-refractivity contribution in [2.24, 2.45) is 0 Å². The number of hydrogen-bond donors (Lipinski definition) is 2. The summed E-state index contributed by atoms with van der Waals surface area (Å²) in [6.07, 6.45) is 21.4. The molecule has 0 aromatic heterocycles. The van der Waals surface area contributed by atoms with Gasteiger partial charge >= 0.3 is 11.9 Å². The van der Waals surface area contributed by atoms with E-state index in [-0.39, 0.29) is 17.0 Å². The van der Waals surface area contributed by atoms with Crippen molar-refractivity contribution in [3.8, 4) is 0 Å². The highest BCUT2D eigenvalue weighted by atomic mass is 16.4. The summed E-state index contributed by atoms with van der Waals surface area (Å²) < 4.78 is 0. The van der Waals surface area contributed by atoms with Gasteiger partial charge in [0.2, 0.25) is 0 Å². The Morgan fingerprint density at radius 1 is 0.667 bits per heavy atom. The molecular formula is C29H48O4. The van der Waals surface area contributed by atoms with Gasteiger partial charge in [0.15, 0.2) is 0 Å². The number of carbonyl (C=O) groups is 2. The van der Waals surface area contributed by atoms with E-state index in [1.807, 2.05) is 13.8 Å². The molecule has 0 unspecified atom stereocenters. The second-order valence-corrected chi connectivity index (χ2v) is 9.87. The van der Waals surface area contributed by atoms with Crippen molar-refractivity contribution in [2.45, 2.75) is 136 Å². The molecule has 1 aromatic rings. The monoisotopic (exact) mass is 460 g/mol. The lowest BCUT2D eigenvalue weighted by Gasteiger charge is -2.17. The molecule has 1 aromatic carbocycles. The van der Waals surface area contributed by atoms with Gasteiger partial charge in [-0.3, -0.25) is 0 Å². The number of carboxylic acids is 2. The summed E-state index contributed by atoms with van der Waals surface area (Å²) in [6, 6.07) is 3.24. The average molecular weight is 461 g/mol. The van der Waals surface area contributed by atoms with Crippen LogP contribution in [0.1, 0.15) is 161 Å². The largest absolute Gasteiger partial charge is 0.478 e. The fraction of sp³-hybridized carbons (Fsp3) is 0.724. The Kier molecular flexibility index (Phi) is 15.6. The molecule has 4 nitrogen and oxygen atoms in total. The highest BCUT2D eigenvalue weighted by Crippen LogP contribution is 2.28. The summed E-state index contributed by atoms with van der Waals surface area (Å²) in [4.78, 5) is 23.4. The van der Waals surface area contributed by atoms with Crippen molar-refractivity contribution in [2.75, 3.05) is 0 Å². The quantitative estimate of drug-likeness (QED) is 0.190. The second-order valence-electron chi connectivity index (χ2n) is 9.87. The summed E-state index contributed by atoms with van der Waals surface area (Å²) in [6.45, 7) is 6.32. The molecule has 0 aliphatic heterocycles. The Bertz CT molecular complexity index is 693. The average Bonchev–Trinajstić information content (AvgIpc) is 2.77. The lowest BCUT2D eigenvalue weighted by molar-refractivity contribution is 0.0650. The summed E-state index contributed by atoms with van der Waals surface area (Å²) in [5.74, 6) is -2.14. The smallest absolute Gasteiger partial charge is 0.336 e. The van der Waals surface area contributed by atoms with E-state index in [1.165, 1.54) is 89.5 Å². The van der Waals surface area contributed by atoms with Crippen LogP contribution in [-0.2, 0) is 6.42 Å². The first-order valence-electron chi connectivity index (χ1n) is 13.5. The Labute approximate surface area is 202 Å². The molecule has 0 spiro atoms. The molecule has 1 rings (SSSR count). The molecule has 188 valence electrons. The Morgan fingerprint density at radius 3 is 1.45 bits per heavy atom. The molecule has 0 fully saturated rings. The molecule has 2 N–H and O–H groups in total. The van der Waals surface area contributed by atoms with E-state index in [0.29, 0.717) is 12.0 Å². The van der Waals surface area contributed by atoms with Gasteiger partial charge in [0.05, 0.1) is 11.1 Å². The lowest BCUT2D eigenvalue weighted by Crippen LogP contribution is -2.14. The van der Waals surface area contributed by atoms with E-state index < -0.39 is 11.9 Å². The van der Waals surface area contributed by atoms with Crippen molar-refractivity contribution in [3.05, 3.63) is 34.4 Å². The zero-order chi connectivity index (χ0) is 24.5. The molecule has 0 saturated heterocycles. The van der Waals surface area contributed by atoms with Gasteiger partial charge < -0.3 is 10.2 Å². The van der Waals surface area contributed by atoms with Crippen LogP contribution in [0, 0.1) is 0 Å². The third kappa shape index (κ3) is 11.7. The molecule has 0 atom stereocenters. The van der Waals surface area contributed by atoms with E-state index in [0.717, 1.165) is 24.8 Å². The maximum Gasteiger partial charge on any atom is 0.336 e. The molecule has 4 heteroatoms. The molecule has 0 saturated carbocycles. The number of rotatable bonds is 20. The Hall–Kier alpha value is -1.84. The highest BCUT2D eigenvalue weighted by Gasteiger charge is 2.23. The minimum atomic E-state index is -1.17. The van der Waals surface area contributed by atoms with Crippen molar-refractivity contribution in [3.63, 3.8) is 0 Å². The standard InChI is InChI=1S/C29H48O4/c1-4-5-6-7-8-9-10-11-12-13-14-15-16-17-18-19-20-25-24(23(2)3)21-22-26(28(30)31)27(25)29(32)33/h21-23H,4-20H2,1-3H3,(H,30,31)(H,32,33). The van der Waals surface area contributed by atoms with Crippen LogP contribution in [0.5, 0.6) is 0 Å².